The second kappa shape index (κ2) is 5.39. The maximum absolute atomic E-state index is 11.5. The van der Waals surface area contributed by atoms with E-state index >= 15 is 0 Å². The minimum Gasteiger partial charge on any atom is -0.462 e. The molecular weight excluding hydrogens is 190 g/mol. The second-order valence-electron chi connectivity index (χ2n) is 3.28. The van der Waals surface area contributed by atoms with Crippen LogP contribution >= 0.6 is 0 Å². The smallest absolute Gasteiger partial charge is 0.338 e. The van der Waals surface area contributed by atoms with Gasteiger partial charge in [0.05, 0.1) is 12.2 Å². The molecule has 0 aliphatic heterocycles. The molecule has 82 valence electrons. The van der Waals surface area contributed by atoms with Gasteiger partial charge >= 0.3 is 5.97 Å². The molecule has 0 aliphatic rings. The average molecular weight is 207 g/mol. The van der Waals surface area contributed by atoms with Crippen LogP contribution in [0.25, 0.3) is 0 Å². The molecule has 0 heterocycles. The predicted molar refractivity (Wildman–Crippen MR) is 61.3 cm³/mol. The van der Waals surface area contributed by atoms with Crippen molar-refractivity contribution in [3.05, 3.63) is 29.8 Å². The van der Waals surface area contributed by atoms with E-state index in [1.165, 1.54) is 0 Å². The summed E-state index contributed by atoms with van der Waals surface area (Å²) >= 11 is 0. The van der Waals surface area contributed by atoms with Crippen LogP contribution in [-0.4, -0.2) is 26.2 Å². The van der Waals surface area contributed by atoms with Crippen LogP contribution in [0.2, 0.25) is 0 Å². The first kappa shape index (κ1) is 11.6. The van der Waals surface area contributed by atoms with Gasteiger partial charge < -0.3 is 9.64 Å². The average Bonchev–Trinajstić information content (AvgIpc) is 2.28. The SMILES string of the molecule is CCOC(=O)c1cccc(N(C)CC)c1. The maximum atomic E-state index is 11.5. The largest absolute Gasteiger partial charge is 0.462 e. The highest BCUT2D eigenvalue weighted by Crippen LogP contribution is 2.15. The van der Waals surface area contributed by atoms with Gasteiger partial charge in [-0.25, -0.2) is 4.79 Å². The molecule has 0 fully saturated rings. The van der Waals surface area contributed by atoms with Crippen LogP contribution in [0.3, 0.4) is 0 Å². The molecule has 0 bridgehead atoms. The molecule has 0 atom stereocenters. The Hall–Kier alpha value is -1.51. The molecule has 0 aliphatic carbocycles. The Balaban J connectivity index is 2.87. The zero-order valence-corrected chi connectivity index (χ0v) is 9.49. The van der Waals surface area contributed by atoms with Gasteiger partial charge in [0.1, 0.15) is 0 Å². The van der Waals surface area contributed by atoms with Gasteiger partial charge in [-0.2, -0.15) is 0 Å². The van der Waals surface area contributed by atoms with E-state index in [0.717, 1.165) is 12.2 Å². The van der Waals surface area contributed by atoms with Gasteiger partial charge in [0.25, 0.3) is 0 Å². The molecular formula is C12H17NO2. The molecule has 0 amide bonds. The first-order valence-corrected chi connectivity index (χ1v) is 5.17. The van der Waals surface area contributed by atoms with E-state index in [-0.39, 0.29) is 5.97 Å². The molecule has 15 heavy (non-hydrogen) atoms. The zero-order chi connectivity index (χ0) is 11.3. The van der Waals surface area contributed by atoms with Crippen molar-refractivity contribution in [1.82, 2.24) is 0 Å². The Bertz CT molecular complexity index is 336. The normalized spacial score (nSPS) is 9.80. The minimum atomic E-state index is -0.260. The fourth-order valence-corrected chi connectivity index (χ4v) is 1.27. The monoisotopic (exact) mass is 207 g/mol. The summed E-state index contributed by atoms with van der Waals surface area (Å²) in [5.41, 5.74) is 1.64. The van der Waals surface area contributed by atoms with Crippen LogP contribution in [0.4, 0.5) is 5.69 Å². The summed E-state index contributed by atoms with van der Waals surface area (Å²) in [6, 6.07) is 7.46. The van der Waals surface area contributed by atoms with Crippen molar-refractivity contribution in [3.63, 3.8) is 0 Å². The fraction of sp³-hybridized carbons (Fsp3) is 0.417. The lowest BCUT2D eigenvalue weighted by molar-refractivity contribution is 0.0526. The highest BCUT2D eigenvalue weighted by molar-refractivity contribution is 5.90. The van der Waals surface area contributed by atoms with Gasteiger partial charge in [0.15, 0.2) is 0 Å². The number of nitrogens with zero attached hydrogens (tertiary/aromatic N) is 1. The van der Waals surface area contributed by atoms with Crippen molar-refractivity contribution in [2.45, 2.75) is 13.8 Å². The summed E-state index contributed by atoms with van der Waals surface area (Å²) in [6.45, 7) is 5.19. The number of hydrogen-bond acceptors (Lipinski definition) is 3. The predicted octanol–water partition coefficient (Wildman–Crippen LogP) is 2.32. The summed E-state index contributed by atoms with van der Waals surface area (Å²) in [5.74, 6) is -0.260. The topological polar surface area (TPSA) is 29.5 Å². The van der Waals surface area contributed by atoms with Gasteiger partial charge in [-0.05, 0) is 32.0 Å². The second-order valence-corrected chi connectivity index (χ2v) is 3.28. The van der Waals surface area contributed by atoms with Crippen molar-refractivity contribution >= 4 is 11.7 Å². The number of esters is 1. The van der Waals surface area contributed by atoms with E-state index in [4.69, 9.17) is 4.74 Å². The van der Waals surface area contributed by atoms with E-state index in [2.05, 4.69) is 11.8 Å². The van der Waals surface area contributed by atoms with Gasteiger partial charge in [0, 0.05) is 19.3 Å². The van der Waals surface area contributed by atoms with Crippen LogP contribution in [0, 0.1) is 0 Å². The highest BCUT2D eigenvalue weighted by atomic mass is 16.5. The molecule has 0 aromatic heterocycles. The van der Waals surface area contributed by atoms with Crippen molar-refractivity contribution in [2.75, 3.05) is 25.1 Å². The number of rotatable bonds is 4. The lowest BCUT2D eigenvalue weighted by Crippen LogP contribution is -2.16. The van der Waals surface area contributed by atoms with Gasteiger partial charge in [-0.3, -0.25) is 0 Å². The number of carbonyl (C=O) groups excluding carboxylic acids is 1. The molecule has 0 N–H and O–H groups in total. The van der Waals surface area contributed by atoms with Crippen molar-refractivity contribution in [2.24, 2.45) is 0 Å². The summed E-state index contributed by atoms with van der Waals surface area (Å²) < 4.78 is 4.94. The first-order chi connectivity index (χ1) is 7.19. The number of carbonyl (C=O) groups is 1. The van der Waals surface area contributed by atoms with Crippen LogP contribution in [0.5, 0.6) is 0 Å². The molecule has 0 saturated carbocycles. The van der Waals surface area contributed by atoms with Gasteiger partial charge in [-0.1, -0.05) is 6.07 Å². The molecule has 0 unspecified atom stereocenters. The number of ether oxygens (including phenoxy) is 1. The Morgan fingerprint density at radius 3 is 2.73 bits per heavy atom. The molecule has 1 rings (SSSR count). The molecule has 0 radical (unpaired) electrons. The van der Waals surface area contributed by atoms with E-state index in [9.17, 15) is 4.79 Å². The molecule has 3 heteroatoms. The third-order valence-electron chi connectivity index (χ3n) is 2.27. The summed E-state index contributed by atoms with van der Waals surface area (Å²) in [7, 11) is 1.99. The van der Waals surface area contributed by atoms with Gasteiger partial charge in [0.2, 0.25) is 0 Å². The molecule has 1 aromatic carbocycles. The number of benzene rings is 1. The van der Waals surface area contributed by atoms with E-state index in [0.29, 0.717) is 12.2 Å². The summed E-state index contributed by atoms with van der Waals surface area (Å²) in [5, 5.41) is 0. The fourth-order valence-electron chi connectivity index (χ4n) is 1.27. The molecule has 3 nitrogen and oxygen atoms in total. The third kappa shape index (κ3) is 2.98. The van der Waals surface area contributed by atoms with Crippen molar-refractivity contribution < 1.29 is 9.53 Å². The van der Waals surface area contributed by atoms with Crippen molar-refractivity contribution in [1.29, 1.82) is 0 Å². The van der Waals surface area contributed by atoms with Crippen molar-refractivity contribution in [3.8, 4) is 0 Å². The number of hydrogen-bond donors (Lipinski definition) is 0. The van der Waals surface area contributed by atoms with Crippen LogP contribution in [0.15, 0.2) is 24.3 Å². The molecule has 0 saturated heterocycles. The maximum Gasteiger partial charge on any atom is 0.338 e. The summed E-state index contributed by atoms with van der Waals surface area (Å²) in [4.78, 5) is 13.5. The third-order valence-corrected chi connectivity index (χ3v) is 2.27. The number of anilines is 1. The van der Waals surface area contributed by atoms with Crippen LogP contribution in [-0.2, 0) is 4.74 Å². The lowest BCUT2D eigenvalue weighted by Gasteiger charge is -2.17. The molecule has 0 spiro atoms. The van der Waals surface area contributed by atoms with E-state index < -0.39 is 0 Å². The van der Waals surface area contributed by atoms with Crippen LogP contribution < -0.4 is 4.90 Å². The van der Waals surface area contributed by atoms with Crippen LogP contribution in [0.1, 0.15) is 24.2 Å². The quantitative estimate of drug-likeness (QED) is 0.710. The first-order valence-electron chi connectivity index (χ1n) is 5.17. The van der Waals surface area contributed by atoms with E-state index in [1.807, 2.05) is 25.2 Å². The summed E-state index contributed by atoms with van der Waals surface area (Å²) in [6.07, 6.45) is 0. The highest BCUT2D eigenvalue weighted by Gasteiger charge is 2.07. The zero-order valence-electron chi connectivity index (χ0n) is 9.49. The lowest BCUT2D eigenvalue weighted by atomic mass is 10.2. The molecule has 1 aromatic rings. The Morgan fingerprint density at radius 2 is 2.13 bits per heavy atom. The van der Waals surface area contributed by atoms with Gasteiger partial charge in [-0.15, -0.1) is 0 Å². The Morgan fingerprint density at radius 1 is 1.40 bits per heavy atom. The Kier molecular flexibility index (Phi) is 4.16. The minimum absolute atomic E-state index is 0.260. The standard InChI is InChI=1S/C12H17NO2/c1-4-13(3)11-8-6-7-10(9-11)12(14)15-5-2/h6-9H,4-5H2,1-3H3. The Labute approximate surface area is 90.7 Å². The van der Waals surface area contributed by atoms with E-state index in [1.54, 1.807) is 13.0 Å².